The highest BCUT2D eigenvalue weighted by Gasteiger charge is 2.24. The van der Waals surface area contributed by atoms with E-state index in [9.17, 15) is 13.2 Å². The minimum Gasteiger partial charge on any atom is -0.481 e. The van der Waals surface area contributed by atoms with Gasteiger partial charge in [-0.05, 0) is 19.8 Å². The maximum Gasteiger partial charge on any atom is 0.304 e. The second kappa shape index (κ2) is 7.56. The van der Waals surface area contributed by atoms with Crippen molar-refractivity contribution in [2.45, 2.75) is 64.1 Å². The number of aliphatic carboxylic acids is 1. The van der Waals surface area contributed by atoms with Crippen LogP contribution >= 0.6 is 0 Å². The van der Waals surface area contributed by atoms with Crippen LogP contribution in [0.3, 0.4) is 0 Å². The second-order valence-corrected chi connectivity index (χ2v) is 6.69. The molecule has 0 aromatic carbocycles. The van der Waals surface area contributed by atoms with Crippen molar-refractivity contribution < 1.29 is 18.3 Å². The van der Waals surface area contributed by atoms with Crippen molar-refractivity contribution in [3.63, 3.8) is 0 Å². The maximum atomic E-state index is 12.3. The highest BCUT2D eigenvalue weighted by atomic mass is 32.2. The molecule has 21 heavy (non-hydrogen) atoms. The SMILES string of the molecule is CCCC(CC(=O)O)NS(=O)(=O)c1cn(CCC)c(C)n1. The molecular weight excluding hydrogens is 294 g/mol. The van der Waals surface area contributed by atoms with Crippen LogP contribution < -0.4 is 4.72 Å². The van der Waals surface area contributed by atoms with Gasteiger partial charge in [-0.3, -0.25) is 4.79 Å². The van der Waals surface area contributed by atoms with E-state index in [4.69, 9.17) is 5.11 Å². The summed E-state index contributed by atoms with van der Waals surface area (Å²) in [5.74, 6) is -0.397. The van der Waals surface area contributed by atoms with Gasteiger partial charge in [0.2, 0.25) is 0 Å². The number of imidazole rings is 1. The normalized spacial score (nSPS) is 13.3. The zero-order chi connectivity index (χ0) is 16.0. The monoisotopic (exact) mass is 317 g/mol. The average Bonchev–Trinajstić information content (AvgIpc) is 2.71. The van der Waals surface area contributed by atoms with Gasteiger partial charge in [-0.15, -0.1) is 0 Å². The fraction of sp³-hybridized carbons (Fsp3) is 0.692. The van der Waals surface area contributed by atoms with Gasteiger partial charge in [0.05, 0.1) is 6.42 Å². The summed E-state index contributed by atoms with van der Waals surface area (Å²) in [5.41, 5.74) is 0. The van der Waals surface area contributed by atoms with E-state index in [1.54, 1.807) is 11.5 Å². The van der Waals surface area contributed by atoms with E-state index in [-0.39, 0.29) is 11.4 Å². The summed E-state index contributed by atoms with van der Waals surface area (Å²) >= 11 is 0. The van der Waals surface area contributed by atoms with Gasteiger partial charge in [-0.2, -0.15) is 0 Å². The molecule has 0 aliphatic rings. The van der Waals surface area contributed by atoms with E-state index < -0.39 is 22.0 Å². The van der Waals surface area contributed by atoms with Crippen LogP contribution in [-0.2, 0) is 21.4 Å². The van der Waals surface area contributed by atoms with E-state index in [0.29, 0.717) is 25.2 Å². The molecule has 0 saturated heterocycles. The number of hydrogen-bond acceptors (Lipinski definition) is 4. The van der Waals surface area contributed by atoms with Crippen molar-refractivity contribution in [2.24, 2.45) is 0 Å². The lowest BCUT2D eigenvalue weighted by molar-refractivity contribution is -0.137. The smallest absolute Gasteiger partial charge is 0.304 e. The van der Waals surface area contributed by atoms with E-state index in [0.717, 1.165) is 6.42 Å². The van der Waals surface area contributed by atoms with Crippen molar-refractivity contribution in [1.29, 1.82) is 0 Å². The van der Waals surface area contributed by atoms with E-state index in [1.165, 1.54) is 6.20 Å². The first kappa shape index (κ1) is 17.6. The first-order valence-electron chi connectivity index (χ1n) is 7.08. The minimum absolute atomic E-state index is 0.0556. The molecule has 0 radical (unpaired) electrons. The summed E-state index contributed by atoms with van der Waals surface area (Å²) in [4.78, 5) is 14.9. The molecule has 0 bridgehead atoms. The Kier molecular flexibility index (Phi) is 6.35. The number of nitrogens with zero attached hydrogens (tertiary/aromatic N) is 2. The Labute approximate surface area is 125 Å². The molecule has 0 amide bonds. The van der Waals surface area contributed by atoms with Crippen molar-refractivity contribution in [2.75, 3.05) is 0 Å². The number of carbonyl (C=O) groups is 1. The fourth-order valence-electron chi connectivity index (χ4n) is 2.12. The number of carboxylic acids is 1. The first-order valence-corrected chi connectivity index (χ1v) is 8.56. The third-order valence-electron chi connectivity index (χ3n) is 3.07. The predicted molar refractivity (Wildman–Crippen MR) is 78.5 cm³/mol. The molecular formula is C13H23N3O4S. The number of sulfonamides is 1. The van der Waals surface area contributed by atoms with Crippen molar-refractivity contribution in [1.82, 2.24) is 14.3 Å². The quantitative estimate of drug-likeness (QED) is 0.719. The van der Waals surface area contributed by atoms with Crippen LogP contribution in [0.5, 0.6) is 0 Å². The molecule has 2 N–H and O–H groups in total. The topological polar surface area (TPSA) is 101 Å². The number of aromatic nitrogens is 2. The second-order valence-electron chi connectivity index (χ2n) is 5.02. The van der Waals surface area contributed by atoms with Gasteiger partial charge in [0.1, 0.15) is 5.82 Å². The van der Waals surface area contributed by atoms with Crippen LogP contribution in [0, 0.1) is 6.92 Å². The fourth-order valence-corrected chi connectivity index (χ4v) is 3.40. The van der Waals surface area contributed by atoms with E-state index in [1.807, 2.05) is 13.8 Å². The summed E-state index contributed by atoms with van der Waals surface area (Å²) in [6, 6.07) is -0.617. The predicted octanol–water partition coefficient (Wildman–Crippen LogP) is 1.52. The summed E-state index contributed by atoms with van der Waals surface area (Å²) < 4.78 is 28.8. The standard InChI is InChI=1S/C13H23N3O4S/c1-4-6-11(8-13(17)18)15-21(19,20)12-9-16(7-5-2)10(3)14-12/h9,11,15H,4-8H2,1-3H3,(H,17,18). The van der Waals surface area contributed by atoms with Gasteiger partial charge < -0.3 is 9.67 Å². The Morgan fingerprint density at radius 3 is 2.62 bits per heavy atom. The number of rotatable bonds is 9. The van der Waals surface area contributed by atoms with Crippen molar-refractivity contribution in [3.8, 4) is 0 Å². The first-order chi connectivity index (χ1) is 9.80. The Hall–Kier alpha value is -1.41. The van der Waals surface area contributed by atoms with Gasteiger partial charge in [0.15, 0.2) is 5.03 Å². The van der Waals surface area contributed by atoms with Crippen LogP contribution in [0.1, 0.15) is 45.4 Å². The van der Waals surface area contributed by atoms with Crippen LogP contribution in [0.15, 0.2) is 11.2 Å². The van der Waals surface area contributed by atoms with Gasteiger partial charge in [0, 0.05) is 18.8 Å². The Morgan fingerprint density at radius 1 is 1.43 bits per heavy atom. The molecule has 0 saturated carbocycles. The lowest BCUT2D eigenvalue weighted by Crippen LogP contribution is -2.36. The molecule has 1 rings (SSSR count). The van der Waals surface area contributed by atoms with Crippen molar-refractivity contribution in [3.05, 3.63) is 12.0 Å². The van der Waals surface area contributed by atoms with Crippen LogP contribution in [0.4, 0.5) is 0 Å². The molecule has 0 fully saturated rings. The van der Waals surface area contributed by atoms with Crippen LogP contribution in [0.25, 0.3) is 0 Å². The van der Waals surface area contributed by atoms with Gasteiger partial charge in [0.25, 0.3) is 10.0 Å². The molecule has 1 atom stereocenters. The highest BCUT2D eigenvalue weighted by Crippen LogP contribution is 2.12. The van der Waals surface area contributed by atoms with Crippen LogP contribution in [-0.4, -0.2) is 35.1 Å². The molecule has 1 aromatic rings. The molecule has 0 spiro atoms. The Morgan fingerprint density at radius 2 is 2.10 bits per heavy atom. The third-order valence-corrected chi connectivity index (χ3v) is 4.46. The largest absolute Gasteiger partial charge is 0.481 e. The molecule has 120 valence electrons. The maximum absolute atomic E-state index is 12.3. The number of aryl methyl sites for hydroxylation is 2. The molecule has 7 nitrogen and oxygen atoms in total. The molecule has 0 aliphatic carbocycles. The average molecular weight is 317 g/mol. The van der Waals surface area contributed by atoms with Crippen LogP contribution in [0.2, 0.25) is 0 Å². The van der Waals surface area contributed by atoms with Gasteiger partial charge in [-0.1, -0.05) is 20.3 Å². The summed E-state index contributed by atoms with van der Waals surface area (Å²) in [6.45, 7) is 6.32. The zero-order valence-corrected chi connectivity index (χ0v) is 13.5. The third kappa shape index (κ3) is 5.13. The Bertz CT molecular complexity index is 580. The summed E-state index contributed by atoms with van der Waals surface area (Å²) in [7, 11) is -3.79. The zero-order valence-electron chi connectivity index (χ0n) is 12.7. The summed E-state index contributed by atoms with van der Waals surface area (Å²) in [5, 5.41) is 8.79. The van der Waals surface area contributed by atoms with Gasteiger partial charge >= 0.3 is 5.97 Å². The molecule has 8 heteroatoms. The lowest BCUT2D eigenvalue weighted by atomic mass is 10.1. The number of nitrogens with one attached hydrogen (secondary N) is 1. The molecule has 1 unspecified atom stereocenters. The highest BCUT2D eigenvalue weighted by molar-refractivity contribution is 7.89. The number of carboxylic acid groups (broad SMARTS) is 1. The molecule has 0 aliphatic heterocycles. The van der Waals surface area contributed by atoms with Gasteiger partial charge in [-0.25, -0.2) is 18.1 Å². The minimum atomic E-state index is -3.79. The lowest BCUT2D eigenvalue weighted by Gasteiger charge is -2.15. The van der Waals surface area contributed by atoms with Crippen molar-refractivity contribution >= 4 is 16.0 Å². The summed E-state index contributed by atoms with van der Waals surface area (Å²) in [6.07, 6.45) is 3.30. The molecule has 1 heterocycles. The van der Waals surface area contributed by atoms with E-state index >= 15 is 0 Å². The molecule has 1 aromatic heterocycles. The number of hydrogen-bond donors (Lipinski definition) is 2. The Balaban J connectivity index is 2.93. The van der Waals surface area contributed by atoms with E-state index in [2.05, 4.69) is 9.71 Å².